The summed E-state index contributed by atoms with van der Waals surface area (Å²) in [4.78, 5) is 2.35. The van der Waals surface area contributed by atoms with Gasteiger partial charge in [-0.15, -0.1) is 0 Å². The van der Waals surface area contributed by atoms with Crippen LogP contribution < -0.4 is 4.90 Å². The number of aliphatic hydroxyl groups excluding tert-OH is 1. The first-order valence-corrected chi connectivity index (χ1v) is 6.28. The Hall–Kier alpha value is -1.02. The summed E-state index contributed by atoms with van der Waals surface area (Å²) in [6.07, 6.45) is 4.35. The van der Waals surface area contributed by atoms with Gasteiger partial charge in [0.15, 0.2) is 0 Å². The van der Waals surface area contributed by atoms with Gasteiger partial charge in [0.1, 0.15) is 0 Å². The lowest BCUT2D eigenvalue weighted by atomic mass is 10.1. The van der Waals surface area contributed by atoms with Gasteiger partial charge in [0.2, 0.25) is 0 Å². The number of hydrogen-bond donors (Lipinski definition) is 1. The molecule has 0 aromatic heterocycles. The molecule has 1 aliphatic heterocycles. The molecule has 2 nitrogen and oxygen atoms in total. The predicted octanol–water partition coefficient (Wildman–Crippen LogP) is 2.33. The fraction of sp³-hybridized carbons (Fsp3) is 0.571. The Balaban J connectivity index is 1.75. The maximum atomic E-state index is 9.49. The van der Waals surface area contributed by atoms with Crippen molar-refractivity contribution in [3.63, 3.8) is 0 Å². The van der Waals surface area contributed by atoms with E-state index < -0.39 is 0 Å². The molecule has 1 aromatic carbocycles. The van der Waals surface area contributed by atoms with Crippen LogP contribution in [0, 0.1) is 6.07 Å². The molecule has 2 fully saturated rings. The molecule has 1 aromatic rings. The van der Waals surface area contributed by atoms with E-state index in [1.54, 1.807) is 0 Å². The summed E-state index contributed by atoms with van der Waals surface area (Å²) in [7, 11) is 0. The molecular formula is C14H18NO. The Labute approximate surface area is 96.9 Å². The number of aliphatic hydroxyl groups is 1. The second kappa shape index (κ2) is 4.10. The van der Waals surface area contributed by atoms with Crippen LogP contribution >= 0.6 is 0 Å². The van der Waals surface area contributed by atoms with Crippen molar-refractivity contribution in [2.75, 3.05) is 18.0 Å². The maximum absolute atomic E-state index is 9.49. The summed E-state index contributed by atoms with van der Waals surface area (Å²) in [5.74, 6) is 0.773. The summed E-state index contributed by atoms with van der Waals surface area (Å²) in [5.41, 5.74) is 2.60. The third kappa shape index (κ3) is 2.07. The van der Waals surface area contributed by atoms with E-state index in [2.05, 4.69) is 29.2 Å². The van der Waals surface area contributed by atoms with Crippen LogP contribution in [0.2, 0.25) is 0 Å². The van der Waals surface area contributed by atoms with Crippen molar-refractivity contribution in [1.82, 2.24) is 0 Å². The molecule has 1 N–H and O–H groups in total. The largest absolute Gasteiger partial charge is 0.393 e. The fourth-order valence-corrected chi connectivity index (χ4v) is 2.40. The van der Waals surface area contributed by atoms with E-state index in [1.807, 2.05) is 0 Å². The molecule has 0 bridgehead atoms. The minimum atomic E-state index is -0.0946. The molecule has 2 heteroatoms. The van der Waals surface area contributed by atoms with E-state index in [0.29, 0.717) is 0 Å². The quantitative estimate of drug-likeness (QED) is 0.820. The first-order valence-electron chi connectivity index (χ1n) is 6.28. The molecule has 1 saturated heterocycles. The molecule has 1 aliphatic carbocycles. The van der Waals surface area contributed by atoms with Crippen LogP contribution in [-0.2, 0) is 0 Å². The summed E-state index contributed by atoms with van der Waals surface area (Å²) in [6.45, 7) is 1.93. The molecule has 0 amide bonds. The number of nitrogens with zero attached hydrogens (tertiary/aromatic N) is 1. The van der Waals surface area contributed by atoms with Crippen molar-refractivity contribution in [2.45, 2.75) is 37.7 Å². The zero-order valence-corrected chi connectivity index (χ0v) is 9.52. The third-order valence-electron chi connectivity index (χ3n) is 3.62. The van der Waals surface area contributed by atoms with Gasteiger partial charge in [0.05, 0.1) is 6.10 Å². The summed E-state index contributed by atoms with van der Waals surface area (Å²) < 4.78 is 0. The fourth-order valence-electron chi connectivity index (χ4n) is 2.40. The molecule has 1 heterocycles. The van der Waals surface area contributed by atoms with Crippen LogP contribution in [0.15, 0.2) is 18.2 Å². The van der Waals surface area contributed by atoms with Crippen LogP contribution in [0.4, 0.5) is 5.69 Å². The van der Waals surface area contributed by atoms with Gasteiger partial charge >= 0.3 is 0 Å². The highest BCUT2D eigenvalue weighted by Crippen LogP contribution is 2.40. The van der Waals surface area contributed by atoms with E-state index in [0.717, 1.165) is 31.8 Å². The molecule has 2 aliphatic rings. The van der Waals surface area contributed by atoms with Crippen LogP contribution in [-0.4, -0.2) is 24.3 Å². The number of anilines is 1. The van der Waals surface area contributed by atoms with E-state index in [-0.39, 0.29) is 6.10 Å². The summed E-state index contributed by atoms with van der Waals surface area (Å²) in [5, 5.41) is 9.49. The van der Waals surface area contributed by atoms with Crippen LogP contribution in [0.1, 0.15) is 37.2 Å². The Morgan fingerprint density at radius 3 is 2.56 bits per heavy atom. The third-order valence-corrected chi connectivity index (χ3v) is 3.62. The molecule has 85 valence electrons. The van der Waals surface area contributed by atoms with Crippen molar-refractivity contribution in [3.05, 3.63) is 29.8 Å². The average molecular weight is 216 g/mol. The molecule has 16 heavy (non-hydrogen) atoms. The van der Waals surface area contributed by atoms with Gasteiger partial charge in [-0.3, -0.25) is 0 Å². The topological polar surface area (TPSA) is 23.5 Å². The smallest absolute Gasteiger partial charge is 0.0574 e. The Bertz CT molecular complexity index is 365. The molecule has 0 spiro atoms. The van der Waals surface area contributed by atoms with Crippen molar-refractivity contribution in [2.24, 2.45) is 0 Å². The lowest BCUT2D eigenvalue weighted by molar-refractivity contribution is 0.145. The summed E-state index contributed by atoms with van der Waals surface area (Å²) >= 11 is 0. The van der Waals surface area contributed by atoms with Gasteiger partial charge in [-0.2, -0.15) is 0 Å². The molecular weight excluding hydrogens is 198 g/mol. The van der Waals surface area contributed by atoms with Gasteiger partial charge in [0, 0.05) is 24.8 Å². The molecule has 1 saturated carbocycles. The van der Waals surface area contributed by atoms with Gasteiger partial charge in [-0.1, -0.05) is 12.1 Å². The van der Waals surface area contributed by atoms with Gasteiger partial charge in [-0.25, -0.2) is 0 Å². The lowest BCUT2D eigenvalue weighted by Gasteiger charge is -2.31. The second-order valence-corrected chi connectivity index (χ2v) is 4.98. The number of rotatable bonds is 2. The van der Waals surface area contributed by atoms with Crippen molar-refractivity contribution in [1.29, 1.82) is 0 Å². The van der Waals surface area contributed by atoms with Crippen LogP contribution in [0.5, 0.6) is 0 Å². The molecule has 3 rings (SSSR count). The number of benzene rings is 1. The van der Waals surface area contributed by atoms with Gasteiger partial charge < -0.3 is 10.0 Å². The summed E-state index contributed by atoms with van der Waals surface area (Å²) in [6, 6.07) is 10.0. The van der Waals surface area contributed by atoms with Crippen molar-refractivity contribution in [3.8, 4) is 0 Å². The van der Waals surface area contributed by atoms with E-state index >= 15 is 0 Å². The van der Waals surface area contributed by atoms with E-state index in [4.69, 9.17) is 0 Å². The first-order chi connectivity index (χ1) is 7.83. The highest BCUT2D eigenvalue weighted by molar-refractivity contribution is 5.49. The number of hydrogen-bond acceptors (Lipinski definition) is 2. The maximum Gasteiger partial charge on any atom is 0.0574 e. The SMILES string of the molecule is OC1CCN(c2[c]c(C3CC3)ccc2)CC1. The minimum Gasteiger partial charge on any atom is -0.393 e. The minimum absolute atomic E-state index is 0.0946. The van der Waals surface area contributed by atoms with E-state index in [1.165, 1.54) is 24.1 Å². The zero-order chi connectivity index (χ0) is 11.0. The number of piperidine rings is 1. The Morgan fingerprint density at radius 2 is 1.88 bits per heavy atom. The average Bonchev–Trinajstić information content (AvgIpc) is 3.14. The van der Waals surface area contributed by atoms with Crippen LogP contribution in [0.25, 0.3) is 0 Å². The van der Waals surface area contributed by atoms with Gasteiger partial charge in [-0.05, 0) is 43.2 Å². The monoisotopic (exact) mass is 216 g/mol. The Morgan fingerprint density at radius 1 is 1.12 bits per heavy atom. The highest BCUT2D eigenvalue weighted by Gasteiger charge is 2.24. The van der Waals surface area contributed by atoms with Crippen molar-refractivity contribution >= 4 is 5.69 Å². The normalized spacial score (nSPS) is 22.4. The van der Waals surface area contributed by atoms with Gasteiger partial charge in [0.25, 0.3) is 0 Å². The van der Waals surface area contributed by atoms with Crippen LogP contribution in [0.3, 0.4) is 0 Å². The zero-order valence-electron chi connectivity index (χ0n) is 9.52. The van der Waals surface area contributed by atoms with E-state index in [9.17, 15) is 5.11 Å². The predicted molar refractivity (Wildman–Crippen MR) is 64.7 cm³/mol. The molecule has 0 unspecified atom stereocenters. The first kappa shape index (κ1) is 10.2. The Kier molecular flexibility index (Phi) is 2.60. The second-order valence-electron chi connectivity index (χ2n) is 4.98. The molecule has 0 atom stereocenters. The lowest BCUT2D eigenvalue weighted by Crippen LogP contribution is -2.35. The molecule has 1 radical (unpaired) electrons. The highest BCUT2D eigenvalue weighted by atomic mass is 16.3. The van der Waals surface area contributed by atoms with Crippen molar-refractivity contribution < 1.29 is 5.11 Å². The standard InChI is InChI=1S/C14H18NO/c16-14-6-8-15(9-7-14)13-3-1-2-12(10-13)11-4-5-11/h1-3,11,14,16H,4-9H2.